The van der Waals surface area contributed by atoms with Crippen LogP contribution in [0.5, 0.6) is 11.5 Å². The molecule has 0 N–H and O–H groups in total. The van der Waals surface area contributed by atoms with Crippen molar-refractivity contribution in [2.45, 2.75) is 19.3 Å². The molecule has 1 aliphatic heterocycles. The lowest BCUT2D eigenvalue weighted by atomic mass is 10.2. The molecule has 1 aliphatic rings. The topological polar surface area (TPSA) is 35.5 Å². The van der Waals surface area contributed by atoms with Crippen molar-refractivity contribution >= 4 is 5.97 Å². The van der Waals surface area contributed by atoms with Crippen molar-refractivity contribution in [3.05, 3.63) is 23.8 Å². The molecular formula is C11H12O3. The molecule has 0 fully saturated rings. The molecule has 1 unspecified atom stereocenters. The van der Waals surface area contributed by atoms with Crippen LogP contribution < -0.4 is 9.47 Å². The molecule has 2 rings (SSSR count). The summed E-state index contributed by atoms with van der Waals surface area (Å²) < 4.78 is 10.2. The van der Waals surface area contributed by atoms with Crippen LogP contribution in [0.3, 0.4) is 0 Å². The van der Waals surface area contributed by atoms with Crippen LogP contribution in [0.15, 0.2) is 18.2 Å². The van der Waals surface area contributed by atoms with E-state index in [4.69, 9.17) is 9.47 Å². The van der Waals surface area contributed by atoms with Gasteiger partial charge in [0.25, 0.3) is 0 Å². The van der Waals surface area contributed by atoms with Gasteiger partial charge in [-0.3, -0.25) is 4.79 Å². The van der Waals surface area contributed by atoms with Crippen molar-refractivity contribution in [2.75, 3.05) is 7.11 Å². The summed E-state index contributed by atoms with van der Waals surface area (Å²) in [5.74, 6) is 1.41. The Balaban J connectivity index is 2.43. The minimum absolute atomic E-state index is 0.168. The monoisotopic (exact) mass is 194 g/mol. The van der Waals surface area contributed by atoms with Gasteiger partial charge in [0.05, 0.1) is 13.5 Å². The van der Waals surface area contributed by atoms with Gasteiger partial charge in [-0.25, -0.2) is 0 Å². The lowest BCUT2D eigenvalue weighted by Gasteiger charge is -2.21. The smallest absolute Gasteiger partial charge is 0.311 e. The number of rotatable bonds is 1. The number of hydrogen-bond donors (Lipinski definition) is 0. The molecule has 0 aliphatic carbocycles. The summed E-state index contributed by atoms with van der Waals surface area (Å²) in [7, 11) is 1.59. The molecule has 1 aromatic carbocycles. The molecule has 0 amide bonds. The number of esters is 1. The zero-order chi connectivity index (χ0) is 10.1. The molecule has 0 radical (unpaired) electrons. The average molecular weight is 194 g/mol. The van der Waals surface area contributed by atoms with E-state index in [-0.39, 0.29) is 11.9 Å². The quantitative estimate of drug-likeness (QED) is 0.390. The molecule has 1 aromatic rings. The fourth-order valence-corrected chi connectivity index (χ4v) is 1.66. The minimum Gasteiger partial charge on any atom is -0.497 e. The van der Waals surface area contributed by atoms with Gasteiger partial charge in [-0.05, 0) is 17.5 Å². The largest absolute Gasteiger partial charge is 0.497 e. The van der Waals surface area contributed by atoms with E-state index in [1.165, 1.54) is 0 Å². The first-order valence-electron chi connectivity index (χ1n) is 4.59. The van der Waals surface area contributed by atoms with Crippen LogP contribution in [-0.2, 0) is 4.79 Å². The van der Waals surface area contributed by atoms with Gasteiger partial charge in [-0.15, -0.1) is 0 Å². The first-order valence-corrected chi connectivity index (χ1v) is 4.59. The number of fused-ring (bicyclic) bond motifs is 1. The van der Waals surface area contributed by atoms with Gasteiger partial charge < -0.3 is 9.47 Å². The van der Waals surface area contributed by atoms with Crippen molar-refractivity contribution in [3.63, 3.8) is 0 Å². The van der Waals surface area contributed by atoms with E-state index < -0.39 is 0 Å². The van der Waals surface area contributed by atoms with Crippen LogP contribution in [0, 0.1) is 0 Å². The molecule has 1 atom stereocenters. The summed E-state index contributed by atoms with van der Waals surface area (Å²) in [6.07, 6.45) is 0.458. The molecule has 0 saturated carbocycles. The normalized spacial score (nSPS) is 19.9. The van der Waals surface area contributed by atoms with Gasteiger partial charge in [-0.2, -0.15) is 0 Å². The summed E-state index contributed by atoms with van der Waals surface area (Å²) in [5, 5.41) is 0. The molecule has 0 aromatic heterocycles. The summed E-state index contributed by atoms with van der Waals surface area (Å²) in [6.45, 7) is 2.02. The number of methoxy groups -OCH3 is 1. The van der Waals surface area contributed by atoms with E-state index >= 15 is 0 Å². The minimum atomic E-state index is -0.168. The molecule has 0 bridgehead atoms. The summed E-state index contributed by atoms with van der Waals surface area (Å²) >= 11 is 0. The van der Waals surface area contributed by atoms with Gasteiger partial charge in [0, 0.05) is 6.07 Å². The third kappa shape index (κ3) is 1.45. The molecular weight excluding hydrogens is 182 g/mol. The van der Waals surface area contributed by atoms with Crippen molar-refractivity contribution < 1.29 is 14.3 Å². The van der Waals surface area contributed by atoms with E-state index in [0.717, 1.165) is 5.56 Å². The second kappa shape index (κ2) is 3.33. The van der Waals surface area contributed by atoms with Crippen LogP contribution in [0.25, 0.3) is 0 Å². The number of hydrogen-bond acceptors (Lipinski definition) is 3. The summed E-state index contributed by atoms with van der Waals surface area (Å²) in [4.78, 5) is 11.2. The van der Waals surface area contributed by atoms with E-state index in [2.05, 4.69) is 0 Å². The SMILES string of the molecule is COc1ccc2c(c1)OC(=O)C[13CH]2[13CH3]. The Labute approximate surface area is 82.6 Å². The van der Waals surface area contributed by atoms with E-state index in [9.17, 15) is 4.79 Å². The summed E-state index contributed by atoms with van der Waals surface area (Å²) in [5.41, 5.74) is 1.07. The molecule has 3 nitrogen and oxygen atoms in total. The Morgan fingerprint density at radius 2 is 2.29 bits per heavy atom. The van der Waals surface area contributed by atoms with E-state index in [1.54, 1.807) is 13.2 Å². The average Bonchev–Trinajstić information content (AvgIpc) is 2.16. The lowest BCUT2D eigenvalue weighted by molar-refractivity contribution is -0.135. The highest BCUT2D eigenvalue weighted by Gasteiger charge is 2.23. The molecule has 1 heterocycles. The number of benzene rings is 1. The summed E-state index contributed by atoms with van der Waals surface area (Å²) in [6, 6.07) is 5.59. The molecule has 3 heteroatoms. The third-order valence-electron chi connectivity index (χ3n) is 2.45. The van der Waals surface area contributed by atoms with E-state index in [1.807, 2.05) is 19.1 Å². The van der Waals surface area contributed by atoms with E-state index in [0.29, 0.717) is 17.9 Å². The van der Waals surface area contributed by atoms with Gasteiger partial charge >= 0.3 is 5.97 Å². The fraction of sp³-hybridized carbons (Fsp3) is 0.364. The first-order chi connectivity index (χ1) is 6.70. The fourth-order valence-electron chi connectivity index (χ4n) is 1.66. The third-order valence-corrected chi connectivity index (χ3v) is 2.45. The van der Waals surface area contributed by atoms with Gasteiger partial charge in [0.2, 0.25) is 0 Å². The van der Waals surface area contributed by atoms with Gasteiger partial charge in [0.1, 0.15) is 11.5 Å². The number of carbonyl (C=O) groups is 1. The van der Waals surface area contributed by atoms with Crippen LogP contribution in [0.4, 0.5) is 0 Å². The van der Waals surface area contributed by atoms with Crippen LogP contribution >= 0.6 is 0 Å². The Morgan fingerprint density at radius 3 is 3.00 bits per heavy atom. The van der Waals surface area contributed by atoms with Crippen LogP contribution in [0.1, 0.15) is 24.8 Å². The highest BCUT2D eigenvalue weighted by molar-refractivity contribution is 5.76. The standard InChI is InChI=1S/C11H12O3/c1-7-5-11(12)14-10-6-8(13-2)3-4-9(7)10/h3-4,6-7H,5H2,1-2H3/i1+1,7+1. The Bertz CT molecular complexity index is 371. The van der Waals surface area contributed by atoms with Crippen LogP contribution in [0.2, 0.25) is 0 Å². The Kier molecular flexibility index (Phi) is 2.15. The predicted molar refractivity (Wildman–Crippen MR) is 51.7 cm³/mol. The van der Waals surface area contributed by atoms with Crippen molar-refractivity contribution in [1.82, 2.24) is 0 Å². The zero-order valence-corrected chi connectivity index (χ0v) is 8.24. The molecule has 74 valence electrons. The second-order valence-corrected chi connectivity index (χ2v) is 3.48. The number of carbonyl (C=O) groups excluding carboxylic acids is 1. The molecule has 14 heavy (non-hydrogen) atoms. The Hall–Kier alpha value is -1.51. The lowest BCUT2D eigenvalue weighted by Crippen LogP contribution is -2.18. The Morgan fingerprint density at radius 1 is 1.50 bits per heavy atom. The van der Waals surface area contributed by atoms with Crippen molar-refractivity contribution in [2.24, 2.45) is 0 Å². The van der Waals surface area contributed by atoms with Gasteiger partial charge in [-0.1, -0.05) is 13.0 Å². The maximum absolute atomic E-state index is 11.2. The maximum atomic E-state index is 11.2. The molecule has 0 saturated heterocycles. The van der Waals surface area contributed by atoms with Crippen molar-refractivity contribution in [1.29, 1.82) is 0 Å². The van der Waals surface area contributed by atoms with Gasteiger partial charge in [0.15, 0.2) is 0 Å². The van der Waals surface area contributed by atoms with Crippen LogP contribution in [-0.4, -0.2) is 13.1 Å². The maximum Gasteiger partial charge on any atom is 0.311 e. The highest BCUT2D eigenvalue weighted by Crippen LogP contribution is 2.36. The first kappa shape index (κ1) is 9.06. The predicted octanol–water partition coefficient (Wildman–Crippen LogP) is 2.11. The van der Waals surface area contributed by atoms with Crippen molar-refractivity contribution in [3.8, 4) is 11.5 Å². The zero-order valence-electron chi connectivity index (χ0n) is 8.24. The second-order valence-electron chi connectivity index (χ2n) is 3.48. The number of ether oxygens (including phenoxy) is 2. The highest BCUT2D eigenvalue weighted by atomic mass is 16.5. The molecule has 0 spiro atoms.